The molecule has 0 saturated heterocycles. The Morgan fingerprint density at radius 3 is 2.25 bits per heavy atom. The van der Waals surface area contributed by atoms with Gasteiger partial charge in [-0.3, -0.25) is 4.79 Å². The molecule has 0 aliphatic rings. The average molecular weight is 455 g/mol. The number of sulfonamides is 1. The fourth-order valence-electron chi connectivity index (χ4n) is 3.25. The predicted molar refractivity (Wildman–Crippen MR) is 124 cm³/mol. The summed E-state index contributed by atoms with van der Waals surface area (Å²) in [6, 6.07) is 19.9. The van der Waals surface area contributed by atoms with Crippen molar-refractivity contribution in [2.75, 3.05) is 19.5 Å². The molecule has 8 heteroatoms. The SMILES string of the molecule is COc1ccccc1NC(=O)C(Cc1ccccc1)NS(=O)(=O)c1cc(C)ccc1OC. The Morgan fingerprint density at radius 2 is 1.56 bits per heavy atom. The zero-order chi connectivity index (χ0) is 23.1. The first-order valence-corrected chi connectivity index (χ1v) is 11.5. The molecule has 0 fully saturated rings. The molecule has 7 nitrogen and oxygen atoms in total. The maximum atomic E-state index is 13.2. The molecule has 168 valence electrons. The van der Waals surface area contributed by atoms with Gasteiger partial charge >= 0.3 is 0 Å². The molecule has 1 amide bonds. The molecule has 0 radical (unpaired) electrons. The van der Waals surface area contributed by atoms with Crippen molar-refractivity contribution < 1.29 is 22.7 Å². The quantitative estimate of drug-likeness (QED) is 0.516. The molecule has 1 unspecified atom stereocenters. The van der Waals surface area contributed by atoms with Crippen molar-refractivity contribution in [1.29, 1.82) is 0 Å². The summed E-state index contributed by atoms with van der Waals surface area (Å²) in [7, 11) is -1.16. The number of rotatable bonds is 9. The minimum atomic E-state index is -4.06. The minimum Gasteiger partial charge on any atom is -0.495 e. The lowest BCUT2D eigenvalue weighted by molar-refractivity contribution is -0.117. The van der Waals surface area contributed by atoms with E-state index in [2.05, 4.69) is 10.0 Å². The Morgan fingerprint density at radius 1 is 0.906 bits per heavy atom. The fraction of sp³-hybridized carbons (Fsp3) is 0.208. The van der Waals surface area contributed by atoms with Crippen LogP contribution >= 0.6 is 0 Å². The Hall–Kier alpha value is -3.36. The van der Waals surface area contributed by atoms with Crippen LogP contribution in [0.5, 0.6) is 11.5 Å². The molecular weight excluding hydrogens is 428 g/mol. The molecule has 0 heterocycles. The molecule has 1 atom stereocenters. The van der Waals surface area contributed by atoms with E-state index in [1.165, 1.54) is 20.3 Å². The topological polar surface area (TPSA) is 93.7 Å². The maximum Gasteiger partial charge on any atom is 0.245 e. The first-order valence-electron chi connectivity index (χ1n) is 9.99. The third-order valence-corrected chi connectivity index (χ3v) is 6.36. The third kappa shape index (κ3) is 5.66. The van der Waals surface area contributed by atoms with Gasteiger partial charge in [0.25, 0.3) is 0 Å². The smallest absolute Gasteiger partial charge is 0.245 e. The summed E-state index contributed by atoms with van der Waals surface area (Å²) in [5.41, 5.74) is 2.02. The molecule has 3 aromatic carbocycles. The molecule has 0 bridgehead atoms. The highest BCUT2D eigenvalue weighted by Crippen LogP contribution is 2.26. The number of aryl methyl sites for hydroxylation is 1. The lowest BCUT2D eigenvalue weighted by atomic mass is 10.1. The summed E-state index contributed by atoms with van der Waals surface area (Å²) < 4.78 is 39.6. The number of carbonyl (C=O) groups excluding carboxylic acids is 1. The number of anilines is 1. The Kier molecular flexibility index (Phi) is 7.50. The van der Waals surface area contributed by atoms with E-state index < -0.39 is 22.0 Å². The van der Waals surface area contributed by atoms with E-state index in [9.17, 15) is 13.2 Å². The van der Waals surface area contributed by atoms with E-state index in [-0.39, 0.29) is 17.1 Å². The fourth-order valence-corrected chi connectivity index (χ4v) is 4.70. The van der Waals surface area contributed by atoms with Crippen LogP contribution in [-0.4, -0.2) is 34.6 Å². The van der Waals surface area contributed by atoms with Gasteiger partial charge in [-0.1, -0.05) is 48.5 Å². The molecule has 0 aliphatic carbocycles. The number of hydrogen-bond acceptors (Lipinski definition) is 5. The van der Waals surface area contributed by atoms with Crippen molar-refractivity contribution in [3.8, 4) is 11.5 Å². The van der Waals surface area contributed by atoms with Crippen LogP contribution in [0.4, 0.5) is 5.69 Å². The van der Waals surface area contributed by atoms with Gasteiger partial charge in [-0.15, -0.1) is 0 Å². The van der Waals surface area contributed by atoms with Gasteiger partial charge in [0.05, 0.1) is 19.9 Å². The minimum absolute atomic E-state index is 0.0249. The van der Waals surface area contributed by atoms with Crippen LogP contribution in [0.3, 0.4) is 0 Å². The molecule has 0 spiro atoms. The Balaban J connectivity index is 1.94. The Bertz CT molecular complexity index is 1180. The molecule has 0 aliphatic heterocycles. The molecule has 32 heavy (non-hydrogen) atoms. The number of ether oxygens (including phenoxy) is 2. The summed E-state index contributed by atoms with van der Waals surface area (Å²) >= 11 is 0. The van der Waals surface area contributed by atoms with Crippen LogP contribution in [0.15, 0.2) is 77.7 Å². The van der Waals surface area contributed by atoms with Crippen molar-refractivity contribution in [3.05, 3.63) is 83.9 Å². The van der Waals surface area contributed by atoms with Crippen molar-refractivity contribution in [1.82, 2.24) is 4.72 Å². The summed E-state index contributed by atoms with van der Waals surface area (Å²) in [6.45, 7) is 1.79. The maximum absolute atomic E-state index is 13.2. The normalized spacial score (nSPS) is 12.1. The van der Waals surface area contributed by atoms with Gasteiger partial charge in [0.15, 0.2) is 0 Å². The lowest BCUT2D eigenvalue weighted by Crippen LogP contribution is -2.45. The summed E-state index contributed by atoms with van der Waals surface area (Å²) in [5.74, 6) is 0.169. The zero-order valence-electron chi connectivity index (χ0n) is 18.2. The number of hydrogen-bond donors (Lipinski definition) is 2. The highest BCUT2D eigenvalue weighted by atomic mass is 32.2. The second kappa shape index (κ2) is 10.3. The van der Waals surface area contributed by atoms with E-state index in [1.807, 2.05) is 30.3 Å². The Labute approximate surface area is 188 Å². The second-order valence-corrected chi connectivity index (χ2v) is 8.89. The van der Waals surface area contributed by atoms with Crippen molar-refractivity contribution >= 4 is 21.6 Å². The van der Waals surface area contributed by atoms with Gasteiger partial charge in [0.1, 0.15) is 22.4 Å². The van der Waals surface area contributed by atoms with E-state index in [1.54, 1.807) is 43.3 Å². The number of benzene rings is 3. The van der Waals surface area contributed by atoms with E-state index in [0.717, 1.165) is 11.1 Å². The van der Waals surface area contributed by atoms with Crippen molar-refractivity contribution in [2.24, 2.45) is 0 Å². The number of para-hydroxylation sites is 2. The zero-order valence-corrected chi connectivity index (χ0v) is 19.0. The van der Waals surface area contributed by atoms with Crippen molar-refractivity contribution in [2.45, 2.75) is 24.3 Å². The number of nitrogens with one attached hydrogen (secondary N) is 2. The van der Waals surface area contributed by atoms with Crippen molar-refractivity contribution in [3.63, 3.8) is 0 Å². The van der Waals surface area contributed by atoms with Crippen LogP contribution in [0.1, 0.15) is 11.1 Å². The molecule has 2 N–H and O–H groups in total. The van der Waals surface area contributed by atoms with Crippen LogP contribution in [0.2, 0.25) is 0 Å². The largest absolute Gasteiger partial charge is 0.495 e. The molecular formula is C24H26N2O5S. The molecule has 0 aromatic heterocycles. The standard InChI is InChI=1S/C24H26N2O5S/c1-17-13-14-22(31-3)23(15-17)32(28,29)26-20(16-18-9-5-4-6-10-18)24(27)25-19-11-7-8-12-21(19)30-2/h4-15,20,26H,16H2,1-3H3,(H,25,27). The highest BCUT2D eigenvalue weighted by Gasteiger charge is 2.29. The first-order chi connectivity index (χ1) is 15.3. The van der Waals surface area contributed by atoms with Crippen LogP contribution in [0, 0.1) is 6.92 Å². The van der Waals surface area contributed by atoms with Crippen LogP contribution < -0.4 is 19.5 Å². The van der Waals surface area contributed by atoms with Gasteiger partial charge in [0, 0.05) is 0 Å². The molecule has 3 rings (SSSR count). The van der Waals surface area contributed by atoms with Gasteiger partial charge in [-0.2, -0.15) is 4.72 Å². The summed E-state index contributed by atoms with van der Waals surface area (Å²) in [4.78, 5) is 13.2. The lowest BCUT2D eigenvalue weighted by Gasteiger charge is -2.20. The number of carbonyl (C=O) groups is 1. The monoisotopic (exact) mass is 454 g/mol. The second-order valence-electron chi connectivity index (χ2n) is 7.21. The summed E-state index contributed by atoms with van der Waals surface area (Å²) in [5, 5.41) is 2.77. The highest BCUT2D eigenvalue weighted by molar-refractivity contribution is 7.89. The summed E-state index contributed by atoms with van der Waals surface area (Å²) in [6.07, 6.45) is 0.162. The van der Waals surface area contributed by atoms with E-state index >= 15 is 0 Å². The van der Waals surface area contributed by atoms with Crippen LogP contribution in [-0.2, 0) is 21.2 Å². The number of methoxy groups -OCH3 is 2. The average Bonchev–Trinajstić information content (AvgIpc) is 2.79. The van der Waals surface area contributed by atoms with Gasteiger partial charge in [-0.25, -0.2) is 8.42 Å². The molecule has 0 saturated carbocycles. The van der Waals surface area contributed by atoms with Gasteiger partial charge in [0.2, 0.25) is 15.9 Å². The third-order valence-electron chi connectivity index (χ3n) is 4.87. The van der Waals surface area contributed by atoms with E-state index in [4.69, 9.17) is 9.47 Å². The first kappa shape index (κ1) is 23.3. The van der Waals surface area contributed by atoms with Gasteiger partial charge < -0.3 is 14.8 Å². The van der Waals surface area contributed by atoms with E-state index in [0.29, 0.717) is 11.4 Å². The van der Waals surface area contributed by atoms with Crippen LogP contribution in [0.25, 0.3) is 0 Å². The van der Waals surface area contributed by atoms with Gasteiger partial charge in [-0.05, 0) is 48.7 Å². The predicted octanol–water partition coefficient (Wildman–Crippen LogP) is 3.54. The molecule has 3 aromatic rings. The number of amides is 1.